The summed E-state index contributed by atoms with van der Waals surface area (Å²) in [6.45, 7) is 4.14. The second-order valence-electron chi connectivity index (χ2n) is 5.10. The molecule has 92 valence electrons. The molecule has 0 aromatic carbocycles. The van der Waals surface area contributed by atoms with Crippen LogP contribution in [-0.4, -0.2) is 37.7 Å². The van der Waals surface area contributed by atoms with E-state index in [0.717, 1.165) is 31.9 Å². The minimum atomic E-state index is 0.0414. The maximum absolute atomic E-state index is 11.6. The van der Waals surface area contributed by atoms with Crippen molar-refractivity contribution in [2.24, 2.45) is 5.92 Å². The molecule has 1 amide bonds. The fraction of sp³-hybridized carbons (Fsp3) is 0.917. The average Bonchev–Trinajstić information content (AvgIpc) is 3.01. The zero-order valence-corrected chi connectivity index (χ0v) is 10.00. The first-order valence-electron chi connectivity index (χ1n) is 6.34. The number of carbonyl (C=O) groups is 1. The van der Waals surface area contributed by atoms with E-state index in [4.69, 9.17) is 4.74 Å². The Morgan fingerprint density at radius 3 is 2.94 bits per heavy atom. The molecule has 1 heterocycles. The largest absolute Gasteiger partial charge is 0.371 e. The van der Waals surface area contributed by atoms with Crippen molar-refractivity contribution in [1.29, 1.82) is 0 Å². The van der Waals surface area contributed by atoms with E-state index in [9.17, 15) is 4.79 Å². The molecule has 1 aliphatic carbocycles. The van der Waals surface area contributed by atoms with Crippen molar-refractivity contribution >= 4 is 5.91 Å². The summed E-state index contributed by atoms with van der Waals surface area (Å²) in [5, 5.41) is 6.41. The van der Waals surface area contributed by atoms with E-state index >= 15 is 0 Å². The zero-order valence-electron chi connectivity index (χ0n) is 10.00. The predicted molar refractivity (Wildman–Crippen MR) is 62.2 cm³/mol. The lowest BCUT2D eigenvalue weighted by Gasteiger charge is -2.28. The van der Waals surface area contributed by atoms with Crippen molar-refractivity contribution in [3.05, 3.63) is 0 Å². The summed E-state index contributed by atoms with van der Waals surface area (Å²) in [6.07, 6.45) is 4.59. The number of ether oxygens (including phenoxy) is 1. The Morgan fingerprint density at radius 1 is 1.44 bits per heavy atom. The third-order valence-corrected chi connectivity index (χ3v) is 3.27. The summed E-state index contributed by atoms with van der Waals surface area (Å²) in [5.74, 6) is 0.770. The van der Waals surface area contributed by atoms with Crippen molar-refractivity contribution in [3.8, 4) is 0 Å². The predicted octanol–water partition coefficient (Wildman–Crippen LogP) is 0.670. The fourth-order valence-electron chi connectivity index (χ4n) is 2.14. The first-order valence-corrected chi connectivity index (χ1v) is 6.34. The minimum absolute atomic E-state index is 0.0414. The van der Waals surface area contributed by atoms with E-state index in [1.807, 2.05) is 0 Å². The van der Waals surface area contributed by atoms with Crippen molar-refractivity contribution in [2.75, 3.05) is 19.8 Å². The third-order valence-electron chi connectivity index (χ3n) is 3.27. The van der Waals surface area contributed by atoms with Gasteiger partial charge in [-0.3, -0.25) is 4.79 Å². The standard InChI is InChI=1S/C12H22N2O2/c1-9-6-11(4-5-13-9)14-12(15)8-16-7-10-2-3-10/h9-11,13H,2-8H2,1H3,(H,14,15). The summed E-state index contributed by atoms with van der Waals surface area (Å²) in [7, 11) is 0. The highest BCUT2D eigenvalue weighted by molar-refractivity contribution is 5.77. The van der Waals surface area contributed by atoms with E-state index in [0.29, 0.717) is 12.1 Å². The van der Waals surface area contributed by atoms with Crippen molar-refractivity contribution < 1.29 is 9.53 Å². The number of rotatable bonds is 5. The zero-order chi connectivity index (χ0) is 11.4. The Morgan fingerprint density at radius 2 is 2.25 bits per heavy atom. The van der Waals surface area contributed by atoms with Crippen molar-refractivity contribution in [1.82, 2.24) is 10.6 Å². The molecule has 0 spiro atoms. The van der Waals surface area contributed by atoms with Crippen LogP contribution in [0, 0.1) is 5.92 Å². The van der Waals surface area contributed by atoms with Crippen LogP contribution in [0.1, 0.15) is 32.6 Å². The lowest BCUT2D eigenvalue weighted by molar-refractivity contribution is -0.126. The Labute approximate surface area is 97.1 Å². The molecule has 1 saturated heterocycles. The monoisotopic (exact) mass is 226 g/mol. The number of amides is 1. The highest BCUT2D eigenvalue weighted by Crippen LogP contribution is 2.28. The van der Waals surface area contributed by atoms with Gasteiger partial charge in [0.25, 0.3) is 0 Å². The van der Waals surface area contributed by atoms with Crippen LogP contribution in [-0.2, 0) is 9.53 Å². The van der Waals surface area contributed by atoms with Gasteiger partial charge in [0.15, 0.2) is 0 Å². The van der Waals surface area contributed by atoms with Gasteiger partial charge in [-0.25, -0.2) is 0 Å². The third kappa shape index (κ3) is 4.10. The van der Waals surface area contributed by atoms with Gasteiger partial charge in [-0.15, -0.1) is 0 Å². The molecule has 2 aliphatic rings. The molecule has 4 nitrogen and oxygen atoms in total. The highest BCUT2D eigenvalue weighted by atomic mass is 16.5. The average molecular weight is 226 g/mol. The van der Waals surface area contributed by atoms with E-state index < -0.39 is 0 Å². The molecule has 2 fully saturated rings. The summed E-state index contributed by atoms with van der Waals surface area (Å²) in [4.78, 5) is 11.6. The molecule has 0 aromatic rings. The van der Waals surface area contributed by atoms with Gasteiger partial charge in [0.05, 0.1) is 6.61 Å². The van der Waals surface area contributed by atoms with Crippen LogP contribution in [0.15, 0.2) is 0 Å². The highest BCUT2D eigenvalue weighted by Gasteiger charge is 2.22. The molecule has 0 radical (unpaired) electrons. The number of piperidine rings is 1. The van der Waals surface area contributed by atoms with Crippen LogP contribution in [0.25, 0.3) is 0 Å². The van der Waals surface area contributed by atoms with Crippen LogP contribution in [0.5, 0.6) is 0 Å². The maximum atomic E-state index is 11.6. The molecule has 1 aliphatic heterocycles. The first kappa shape index (κ1) is 11.9. The van der Waals surface area contributed by atoms with Gasteiger partial charge in [-0.05, 0) is 45.1 Å². The lowest BCUT2D eigenvalue weighted by atomic mass is 10.0. The first-order chi connectivity index (χ1) is 7.74. The Kier molecular flexibility index (Phi) is 4.18. The summed E-state index contributed by atoms with van der Waals surface area (Å²) < 4.78 is 5.36. The maximum Gasteiger partial charge on any atom is 0.246 e. The summed E-state index contributed by atoms with van der Waals surface area (Å²) >= 11 is 0. The van der Waals surface area contributed by atoms with Crippen molar-refractivity contribution in [2.45, 2.75) is 44.7 Å². The van der Waals surface area contributed by atoms with Crippen LogP contribution >= 0.6 is 0 Å². The van der Waals surface area contributed by atoms with Gasteiger partial charge in [0.2, 0.25) is 5.91 Å². The summed E-state index contributed by atoms with van der Waals surface area (Å²) in [6, 6.07) is 0.833. The minimum Gasteiger partial charge on any atom is -0.371 e. The van der Waals surface area contributed by atoms with Crippen LogP contribution < -0.4 is 10.6 Å². The molecule has 2 atom stereocenters. The topological polar surface area (TPSA) is 50.4 Å². The Hall–Kier alpha value is -0.610. The second-order valence-corrected chi connectivity index (χ2v) is 5.10. The molecule has 4 heteroatoms. The summed E-state index contributed by atoms with van der Waals surface area (Å²) in [5.41, 5.74) is 0. The lowest BCUT2D eigenvalue weighted by Crippen LogP contribution is -2.47. The van der Waals surface area contributed by atoms with E-state index in [2.05, 4.69) is 17.6 Å². The smallest absolute Gasteiger partial charge is 0.246 e. The normalized spacial score (nSPS) is 30.1. The van der Waals surface area contributed by atoms with Crippen LogP contribution in [0.3, 0.4) is 0 Å². The SMILES string of the molecule is CC1CC(NC(=O)COCC2CC2)CCN1. The molecule has 1 saturated carbocycles. The van der Waals surface area contributed by atoms with Gasteiger partial charge in [0.1, 0.15) is 6.61 Å². The molecular weight excluding hydrogens is 204 g/mol. The number of hydrogen-bond acceptors (Lipinski definition) is 3. The van der Waals surface area contributed by atoms with Crippen LogP contribution in [0.4, 0.5) is 0 Å². The molecule has 2 rings (SSSR count). The van der Waals surface area contributed by atoms with Crippen LogP contribution in [0.2, 0.25) is 0 Å². The molecule has 0 aromatic heterocycles. The molecule has 16 heavy (non-hydrogen) atoms. The molecule has 2 N–H and O–H groups in total. The molecule has 2 unspecified atom stereocenters. The van der Waals surface area contributed by atoms with E-state index in [1.165, 1.54) is 12.8 Å². The van der Waals surface area contributed by atoms with Gasteiger partial charge in [-0.1, -0.05) is 0 Å². The Bertz CT molecular complexity index is 241. The van der Waals surface area contributed by atoms with Crippen molar-refractivity contribution in [3.63, 3.8) is 0 Å². The fourth-order valence-corrected chi connectivity index (χ4v) is 2.14. The van der Waals surface area contributed by atoms with E-state index in [-0.39, 0.29) is 12.5 Å². The van der Waals surface area contributed by atoms with Gasteiger partial charge < -0.3 is 15.4 Å². The second kappa shape index (κ2) is 5.64. The molecular formula is C12H22N2O2. The number of carbonyl (C=O) groups excluding carboxylic acids is 1. The number of nitrogens with one attached hydrogen (secondary N) is 2. The Balaban J connectivity index is 1.57. The number of hydrogen-bond donors (Lipinski definition) is 2. The van der Waals surface area contributed by atoms with E-state index in [1.54, 1.807) is 0 Å². The molecule has 0 bridgehead atoms. The van der Waals surface area contributed by atoms with Gasteiger partial charge in [0, 0.05) is 12.1 Å². The quantitative estimate of drug-likeness (QED) is 0.724. The van der Waals surface area contributed by atoms with Gasteiger partial charge in [-0.2, -0.15) is 0 Å². The van der Waals surface area contributed by atoms with Gasteiger partial charge >= 0.3 is 0 Å².